The number of nitrogens with one attached hydrogen (secondary N) is 2. The van der Waals surface area contributed by atoms with Crippen molar-refractivity contribution in [2.75, 3.05) is 10.6 Å². The summed E-state index contributed by atoms with van der Waals surface area (Å²) in [5.41, 5.74) is 4.75. The summed E-state index contributed by atoms with van der Waals surface area (Å²) in [6, 6.07) is 23.1. The van der Waals surface area contributed by atoms with Gasteiger partial charge in [-0.2, -0.15) is 0 Å². The van der Waals surface area contributed by atoms with Crippen LogP contribution in [0.15, 0.2) is 77.3 Å². The summed E-state index contributed by atoms with van der Waals surface area (Å²) in [6.45, 7) is 0. The third-order valence-electron chi connectivity index (χ3n) is 4.15. The lowest BCUT2D eigenvalue weighted by Crippen LogP contribution is -2.10. The van der Waals surface area contributed by atoms with Crippen LogP contribution in [0.3, 0.4) is 0 Å². The van der Waals surface area contributed by atoms with Crippen LogP contribution in [0.5, 0.6) is 0 Å². The number of hydrogen-bond acceptors (Lipinski definition) is 2. The van der Waals surface area contributed by atoms with Gasteiger partial charge in [-0.3, -0.25) is 4.79 Å². The third-order valence-corrected chi connectivity index (χ3v) is 4.92. The predicted octanol–water partition coefficient (Wildman–Crippen LogP) is 6.04. The second kappa shape index (κ2) is 6.98. The summed E-state index contributed by atoms with van der Waals surface area (Å²) < 4.78 is 0.996. The second-order valence-corrected chi connectivity index (χ2v) is 7.24. The van der Waals surface area contributed by atoms with E-state index in [1.54, 1.807) is 12.1 Å². The van der Waals surface area contributed by atoms with E-state index in [4.69, 9.17) is 11.6 Å². The summed E-state index contributed by atoms with van der Waals surface area (Å²) in [5, 5.41) is 6.91. The average Bonchev–Trinajstić information content (AvgIpc) is 2.97. The van der Waals surface area contributed by atoms with Crippen LogP contribution in [0.1, 0.15) is 11.1 Å². The number of halogens is 2. The van der Waals surface area contributed by atoms with Gasteiger partial charge >= 0.3 is 0 Å². The molecule has 1 aliphatic rings. The number of hydrogen-bond donors (Lipinski definition) is 2. The molecular weight excluding hydrogens is 412 g/mol. The molecule has 128 valence electrons. The van der Waals surface area contributed by atoms with Crippen LogP contribution in [-0.4, -0.2) is 5.91 Å². The number of anilines is 2. The van der Waals surface area contributed by atoms with Crippen molar-refractivity contribution in [2.45, 2.75) is 0 Å². The average molecular weight is 426 g/mol. The Hall–Kier alpha value is -2.56. The molecule has 3 aromatic rings. The quantitative estimate of drug-likeness (QED) is 0.503. The van der Waals surface area contributed by atoms with Crippen molar-refractivity contribution < 1.29 is 4.79 Å². The Morgan fingerprint density at radius 2 is 1.69 bits per heavy atom. The van der Waals surface area contributed by atoms with Crippen LogP contribution >= 0.6 is 27.5 Å². The molecule has 3 aromatic carbocycles. The second-order valence-electron chi connectivity index (χ2n) is 5.89. The van der Waals surface area contributed by atoms with Gasteiger partial charge < -0.3 is 10.6 Å². The van der Waals surface area contributed by atoms with Crippen molar-refractivity contribution in [2.24, 2.45) is 0 Å². The first-order valence-corrected chi connectivity index (χ1v) is 9.22. The van der Waals surface area contributed by atoms with Gasteiger partial charge in [0.25, 0.3) is 5.91 Å². The fraction of sp³-hybridized carbons (Fsp3) is 0. The zero-order valence-corrected chi connectivity index (χ0v) is 15.9. The van der Waals surface area contributed by atoms with E-state index in [-0.39, 0.29) is 5.91 Å². The third kappa shape index (κ3) is 3.26. The highest BCUT2D eigenvalue weighted by atomic mass is 79.9. The van der Waals surface area contributed by atoms with Crippen LogP contribution in [0, 0.1) is 0 Å². The van der Waals surface area contributed by atoms with Gasteiger partial charge in [-0.15, -0.1) is 0 Å². The molecule has 26 heavy (non-hydrogen) atoms. The molecule has 0 radical (unpaired) electrons. The predicted molar refractivity (Wildman–Crippen MR) is 111 cm³/mol. The number of amides is 1. The molecule has 0 fully saturated rings. The minimum absolute atomic E-state index is 0.147. The minimum atomic E-state index is -0.147. The van der Waals surface area contributed by atoms with Crippen LogP contribution < -0.4 is 10.6 Å². The lowest BCUT2D eigenvalue weighted by atomic mass is 10.00. The highest BCUT2D eigenvalue weighted by Gasteiger charge is 2.28. The Labute approximate surface area is 164 Å². The highest BCUT2D eigenvalue weighted by Crippen LogP contribution is 2.38. The van der Waals surface area contributed by atoms with Gasteiger partial charge in [-0.05, 0) is 42.0 Å². The zero-order valence-electron chi connectivity index (χ0n) is 13.6. The molecular formula is C21H14BrClN2O. The van der Waals surface area contributed by atoms with E-state index in [0.717, 1.165) is 32.7 Å². The van der Waals surface area contributed by atoms with Gasteiger partial charge in [0.1, 0.15) is 0 Å². The van der Waals surface area contributed by atoms with Gasteiger partial charge in [0.15, 0.2) is 0 Å². The van der Waals surface area contributed by atoms with E-state index in [9.17, 15) is 4.79 Å². The van der Waals surface area contributed by atoms with Crippen molar-refractivity contribution in [3.63, 3.8) is 0 Å². The fourth-order valence-corrected chi connectivity index (χ4v) is 3.39. The molecule has 2 N–H and O–H groups in total. The molecule has 1 heterocycles. The Bertz CT molecular complexity index is 1010. The van der Waals surface area contributed by atoms with Crippen LogP contribution in [0.2, 0.25) is 5.02 Å². The van der Waals surface area contributed by atoms with E-state index in [0.29, 0.717) is 10.6 Å². The van der Waals surface area contributed by atoms with E-state index in [2.05, 4.69) is 26.6 Å². The lowest BCUT2D eigenvalue weighted by molar-refractivity contribution is -0.110. The maximum Gasteiger partial charge on any atom is 0.258 e. The van der Waals surface area contributed by atoms with Crippen LogP contribution in [-0.2, 0) is 4.79 Å². The molecule has 4 rings (SSSR count). The lowest BCUT2D eigenvalue weighted by Gasteiger charge is -2.15. The van der Waals surface area contributed by atoms with Crippen molar-refractivity contribution in [3.05, 3.63) is 93.4 Å². The topological polar surface area (TPSA) is 41.1 Å². The first-order valence-electron chi connectivity index (χ1n) is 8.05. The normalized spacial score (nSPS) is 14.6. The van der Waals surface area contributed by atoms with E-state index in [1.807, 2.05) is 60.7 Å². The Kier molecular flexibility index (Phi) is 4.53. The van der Waals surface area contributed by atoms with Gasteiger partial charge in [0.05, 0.1) is 17.0 Å². The van der Waals surface area contributed by atoms with E-state index in [1.165, 1.54) is 0 Å². The molecule has 0 aliphatic carbocycles. The van der Waals surface area contributed by atoms with Crippen molar-refractivity contribution in [1.29, 1.82) is 0 Å². The first kappa shape index (κ1) is 16.9. The molecule has 0 bridgehead atoms. The molecule has 0 atom stereocenters. The molecule has 0 unspecified atom stereocenters. The number of rotatable bonds is 3. The standard InChI is InChI=1S/C21H14BrClN2O/c22-14-6-9-16(10-7-14)24-20(13-4-2-1-3-5-13)19-17-11-8-15(23)12-18(17)25-21(19)26/h1-12,24H,(H,25,26)/b20-19-. The monoisotopic (exact) mass is 424 g/mol. The summed E-state index contributed by atoms with van der Waals surface area (Å²) in [7, 11) is 0. The number of carbonyl (C=O) groups excluding carboxylic acids is 1. The molecule has 0 spiro atoms. The van der Waals surface area contributed by atoms with Gasteiger partial charge in [-0.1, -0.05) is 63.9 Å². The molecule has 0 saturated carbocycles. The first-order chi connectivity index (χ1) is 12.6. The summed E-state index contributed by atoms with van der Waals surface area (Å²) in [6.07, 6.45) is 0. The summed E-state index contributed by atoms with van der Waals surface area (Å²) in [5.74, 6) is -0.147. The molecule has 5 heteroatoms. The Morgan fingerprint density at radius 1 is 0.962 bits per heavy atom. The summed E-state index contributed by atoms with van der Waals surface area (Å²) >= 11 is 9.52. The summed E-state index contributed by atoms with van der Waals surface area (Å²) in [4.78, 5) is 12.7. The molecule has 1 aliphatic heterocycles. The van der Waals surface area contributed by atoms with Crippen molar-refractivity contribution in [1.82, 2.24) is 0 Å². The smallest absolute Gasteiger partial charge is 0.258 e. The van der Waals surface area contributed by atoms with Crippen molar-refractivity contribution >= 4 is 56.1 Å². The Balaban J connectivity index is 1.89. The molecule has 0 aromatic heterocycles. The SMILES string of the molecule is O=C1Nc2cc(Cl)ccc2/C1=C(/Nc1ccc(Br)cc1)c1ccccc1. The number of benzene rings is 3. The fourth-order valence-electron chi connectivity index (χ4n) is 2.95. The van der Waals surface area contributed by atoms with Crippen LogP contribution in [0.25, 0.3) is 11.3 Å². The zero-order chi connectivity index (χ0) is 18.1. The van der Waals surface area contributed by atoms with Crippen molar-refractivity contribution in [3.8, 4) is 0 Å². The molecule has 3 nitrogen and oxygen atoms in total. The van der Waals surface area contributed by atoms with Crippen LogP contribution in [0.4, 0.5) is 11.4 Å². The van der Waals surface area contributed by atoms with E-state index >= 15 is 0 Å². The largest absolute Gasteiger partial charge is 0.354 e. The maximum atomic E-state index is 12.7. The number of carbonyl (C=O) groups is 1. The minimum Gasteiger partial charge on any atom is -0.354 e. The van der Waals surface area contributed by atoms with Gasteiger partial charge in [0, 0.05) is 20.7 Å². The van der Waals surface area contributed by atoms with E-state index < -0.39 is 0 Å². The van der Waals surface area contributed by atoms with Gasteiger partial charge in [-0.25, -0.2) is 0 Å². The molecule has 1 amide bonds. The molecule has 0 saturated heterocycles. The van der Waals surface area contributed by atoms with Gasteiger partial charge in [0.2, 0.25) is 0 Å². The maximum absolute atomic E-state index is 12.7. The highest BCUT2D eigenvalue weighted by molar-refractivity contribution is 9.10. The number of fused-ring (bicyclic) bond motifs is 1. The Morgan fingerprint density at radius 3 is 2.42 bits per heavy atom.